The van der Waals surface area contributed by atoms with Crippen molar-refractivity contribution in [1.82, 2.24) is 14.9 Å². The number of hydrogen-bond donors (Lipinski definition) is 3. The first-order valence-corrected chi connectivity index (χ1v) is 10.3. The van der Waals surface area contributed by atoms with Gasteiger partial charge in [-0.2, -0.15) is 13.2 Å². The first kappa shape index (κ1) is 24.3. The van der Waals surface area contributed by atoms with Crippen LogP contribution < -0.4 is 15.5 Å². The summed E-state index contributed by atoms with van der Waals surface area (Å²) in [5.74, 6) is -2.11. The number of fused-ring (bicyclic) bond motifs is 1. The molecule has 4 rings (SSSR count). The Morgan fingerprint density at radius 3 is 2.45 bits per heavy atom. The van der Waals surface area contributed by atoms with Gasteiger partial charge in [-0.25, -0.2) is 9.31 Å². The van der Waals surface area contributed by atoms with Crippen LogP contribution in [-0.4, -0.2) is 59.0 Å². The lowest BCUT2D eigenvalue weighted by Crippen LogP contribution is -2.29. The monoisotopic (exact) mass is 483 g/mol. The van der Waals surface area contributed by atoms with E-state index in [1.165, 1.54) is 0 Å². The lowest BCUT2D eigenvalue weighted by Gasteiger charge is -2.21. The summed E-state index contributed by atoms with van der Waals surface area (Å²) in [5.41, 5.74) is 1.95. The van der Waals surface area contributed by atoms with Crippen molar-refractivity contribution in [3.63, 3.8) is 0 Å². The normalized spacial score (nSPS) is 14.2. The Kier molecular flexibility index (Phi) is 7.77. The highest BCUT2D eigenvalue weighted by Crippen LogP contribution is 2.22. The van der Waals surface area contributed by atoms with Crippen LogP contribution in [0.15, 0.2) is 48.5 Å². The molecule has 1 aliphatic rings. The fourth-order valence-electron chi connectivity index (χ4n) is 3.14. The van der Waals surface area contributed by atoms with Crippen molar-refractivity contribution < 1.29 is 27.9 Å². The molecule has 0 radical (unpaired) electrons. The number of carboxylic acids is 1. The van der Waals surface area contributed by atoms with Gasteiger partial charge in [0.15, 0.2) is 0 Å². The number of nitrogens with zero attached hydrogens (tertiary/aromatic N) is 3. The number of carbonyl (C=O) groups excluding carboxylic acids is 1. The van der Waals surface area contributed by atoms with Gasteiger partial charge in [0.1, 0.15) is 11.5 Å². The topological polar surface area (TPSA) is 99.0 Å². The molecule has 0 spiro atoms. The van der Waals surface area contributed by atoms with Crippen LogP contribution in [0.2, 0.25) is 5.02 Å². The van der Waals surface area contributed by atoms with Crippen molar-refractivity contribution in [1.29, 1.82) is 0 Å². The van der Waals surface area contributed by atoms with Crippen LogP contribution in [-0.2, 0) is 4.79 Å². The molecule has 1 aromatic carbocycles. The summed E-state index contributed by atoms with van der Waals surface area (Å²) >= 11 is 6.14. The second kappa shape index (κ2) is 10.5. The molecule has 1 amide bonds. The number of halogens is 4. The largest absolute Gasteiger partial charge is 0.490 e. The molecule has 0 aliphatic carbocycles. The Bertz CT molecular complexity index is 1130. The Morgan fingerprint density at radius 2 is 1.76 bits per heavy atom. The van der Waals surface area contributed by atoms with E-state index in [0.717, 1.165) is 43.9 Å². The van der Waals surface area contributed by atoms with Crippen LogP contribution in [0.1, 0.15) is 16.9 Å². The van der Waals surface area contributed by atoms with Gasteiger partial charge in [-0.15, -0.1) is 5.10 Å². The Balaban J connectivity index is 0.000000383. The maximum absolute atomic E-state index is 12.7. The zero-order chi connectivity index (χ0) is 24.0. The van der Waals surface area contributed by atoms with E-state index in [1.807, 2.05) is 30.3 Å². The number of para-hydroxylation sites is 1. The number of anilines is 2. The summed E-state index contributed by atoms with van der Waals surface area (Å²) in [5, 5.41) is 18.6. The average molecular weight is 484 g/mol. The highest BCUT2D eigenvalue weighted by atomic mass is 35.5. The quantitative estimate of drug-likeness (QED) is 0.526. The van der Waals surface area contributed by atoms with Gasteiger partial charge in [-0.05, 0) is 49.4 Å². The number of aliphatic carboxylic acids is 1. The molecule has 2 aromatic heterocycles. The fourth-order valence-corrected chi connectivity index (χ4v) is 3.33. The molecule has 3 N–H and O–H groups in total. The molecular formula is C21H21ClF3N5O3. The van der Waals surface area contributed by atoms with Crippen molar-refractivity contribution in [3.05, 3.63) is 59.2 Å². The summed E-state index contributed by atoms with van der Waals surface area (Å²) in [6.45, 7) is 3.81. The summed E-state index contributed by atoms with van der Waals surface area (Å²) in [7, 11) is 0. The summed E-state index contributed by atoms with van der Waals surface area (Å²) < 4.78 is 33.4. The minimum absolute atomic E-state index is 0.236. The number of amides is 1. The number of rotatable bonds is 3. The van der Waals surface area contributed by atoms with E-state index in [2.05, 4.69) is 15.5 Å². The molecule has 0 saturated carbocycles. The molecule has 176 valence electrons. The molecule has 8 nitrogen and oxygen atoms in total. The Morgan fingerprint density at radius 1 is 1.06 bits per heavy atom. The Hall–Kier alpha value is -3.31. The van der Waals surface area contributed by atoms with E-state index >= 15 is 0 Å². The smallest absolute Gasteiger partial charge is 0.475 e. The lowest BCUT2D eigenvalue weighted by molar-refractivity contribution is -0.192. The maximum Gasteiger partial charge on any atom is 0.490 e. The van der Waals surface area contributed by atoms with E-state index < -0.39 is 12.1 Å². The number of nitrogens with one attached hydrogen (secondary N) is 2. The average Bonchev–Trinajstić information content (AvgIpc) is 3.00. The third kappa shape index (κ3) is 6.36. The van der Waals surface area contributed by atoms with Gasteiger partial charge >= 0.3 is 12.1 Å². The van der Waals surface area contributed by atoms with Gasteiger partial charge in [0.2, 0.25) is 0 Å². The van der Waals surface area contributed by atoms with E-state index in [-0.39, 0.29) is 5.91 Å². The molecule has 0 bridgehead atoms. The van der Waals surface area contributed by atoms with Crippen molar-refractivity contribution >= 4 is 40.5 Å². The van der Waals surface area contributed by atoms with Crippen LogP contribution in [0, 0.1) is 0 Å². The van der Waals surface area contributed by atoms with E-state index in [9.17, 15) is 18.0 Å². The minimum Gasteiger partial charge on any atom is -0.475 e. The first-order chi connectivity index (χ1) is 15.7. The third-order valence-electron chi connectivity index (χ3n) is 4.75. The van der Waals surface area contributed by atoms with Gasteiger partial charge in [-0.3, -0.25) is 4.79 Å². The molecule has 0 atom stereocenters. The molecule has 1 aliphatic heterocycles. The molecule has 1 fully saturated rings. The van der Waals surface area contributed by atoms with Crippen LogP contribution in [0.25, 0.3) is 5.52 Å². The number of carboxylic acid groups (broad SMARTS) is 1. The summed E-state index contributed by atoms with van der Waals surface area (Å²) in [6.07, 6.45) is -4.01. The molecule has 12 heteroatoms. The van der Waals surface area contributed by atoms with E-state index in [0.29, 0.717) is 16.4 Å². The predicted molar refractivity (Wildman–Crippen MR) is 118 cm³/mol. The fraction of sp³-hybridized carbons (Fsp3) is 0.286. The highest BCUT2D eigenvalue weighted by Gasteiger charge is 2.38. The van der Waals surface area contributed by atoms with Gasteiger partial charge in [0.25, 0.3) is 5.91 Å². The molecular weight excluding hydrogens is 463 g/mol. The van der Waals surface area contributed by atoms with Crippen LogP contribution in [0.5, 0.6) is 0 Å². The molecule has 0 unspecified atom stereocenters. The van der Waals surface area contributed by atoms with Gasteiger partial charge in [-0.1, -0.05) is 23.7 Å². The van der Waals surface area contributed by atoms with Crippen LogP contribution in [0.4, 0.5) is 24.7 Å². The van der Waals surface area contributed by atoms with Crippen molar-refractivity contribution in [2.45, 2.75) is 12.6 Å². The summed E-state index contributed by atoms with van der Waals surface area (Å²) in [6, 6.07) is 14.9. The molecule has 3 heterocycles. The SMILES string of the molecule is O=C(Nc1ccccc1Cl)c1ccc2ccc(N3CCCNCC3)nn12.O=C(O)C(F)(F)F. The molecule has 3 aromatic rings. The van der Waals surface area contributed by atoms with Crippen LogP contribution in [0.3, 0.4) is 0 Å². The second-order valence-corrected chi connectivity index (χ2v) is 7.48. The predicted octanol–water partition coefficient (Wildman–Crippen LogP) is 3.67. The number of hydrogen-bond acceptors (Lipinski definition) is 5. The van der Waals surface area contributed by atoms with Crippen molar-refractivity contribution in [2.24, 2.45) is 0 Å². The number of benzene rings is 1. The standard InChI is InChI=1S/C19H20ClN5O.C2HF3O2/c20-15-4-1-2-5-16(15)22-19(26)17-8-6-14-7-9-18(23-25(14)17)24-12-3-10-21-11-13-24;3-2(4,5)1(6)7/h1-2,4-9,21H,3,10-13H2,(H,22,26);(H,6,7). The number of aromatic nitrogens is 2. The molecule has 33 heavy (non-hydrogen) atoms. The van der Waals surface area contributed by atoms with E-state index in [4.69, 9.17) is 26.6 Å². The maximum atomic E-state index is 12.7. The van der Waals surface area contributed by atoms with Crippen LogP contribution >= 0.6 is 11.6 Å². The van der Waals surface area contributed by atoms with Gasteiger partial charge in [0.05, 0.1) is 16.2 Å². The lowest BCUT2D eigenvalue weighted by atomic mass is 10.3. The van der Waals surface area contributed by atoms with Gasteiger partial charge in [0, 0.05) is 19.6 Å². The second-order valence-electron chi connectivity index (χ2n) is 7.07. The highest BCUT2D eigenvalue weighted by molar-refractivity contribution is 6.33. The van der Waals surface area contributed by atoms with E-state index in [1.54, 1.807) is 22.7 Å². The third-order valence-corrected chi connectivity index (χ3v) is 5.08. The van der Waals surface area contributed by atoms with Crippen molar-refractivity contribution in [2.75, 3.05) is 36.4 Å². The Labute approximate surface area is 191 Å². The molecule has 1 saturated heterocycles. The number of alkyl halides is 3. The number of carbonyl (C=O) groups is 2. The summed E-state index contributed by atoms with van der Waals surface area (Å²) in [4.78, 5) is 23.9. The minimum atomic E-state index is -5.08. The van der Waals surface area contributed by atoms with Crippen molar-refractivity contribution in [3.8, 4) is 0 Å². The zero-order valence-corrected chi connectivity index (χ0v) is 18.0. The first-order valence-electron chi connectivity index (χ1n) is 9.97. The van der Waals surface area contributed by atoms with Gasteiger partial charge < -0.3 is 20.6 Å². The zero-order valence-electron chi connectivity index (χ0n) is 17.3.